The highest BCUT2D eigenvalue weighted by molar-refractivity contribution is 9.12. The standard InChI is InChI=1S/C9H17Br2ClO4/c10-1-7(11)3-15-5-9(14)6-16-4-8(13)2-12/h7-9,13-14H,1-6H2. The van der Waals surface area contributed by atoms with Crippen LogP contribution in [0.3, 0.4) is 0 Å². The van der Waals surface area contributed by atoms with Gasteiger partial charge in [-0.3, -0.25) is 0 Å². The molecule has 4 nitrogen and oxygen atoms in total. The summed E-state index contributed by atoms with van der Waals surface area (Å²) in [7, 11) is 0. The molecule has 3 atom stereocenters. The third-order valence-corrected chi connectivity index (χ3v) is 4.17. The molecule has 0 aromatic carbocycles. The summed E-state index contributed by atoms with van der Waals surface area (Å²) in [5.74, 6) is 0.128. The summed E-state index contributed by atoms with van der Waals surface area (Å²) < 4.78 is 10.3. The number of aliphatic hydroxyl groups excluding tert-OH is 2. The Morgan fingerprint density at radius 1 is 1.00 bits per heavy atom. The average Bonchev–Trinajstić information content (AvgIpc) is 2.28. The van der Waals surface area contributed by atoms with Crippen LogP contribution in [0, 0.1) is 0 Å². The summed E-state index contributed by atoms with van der Waals surface area (Å²) in [6.45, 7) is 0.997. The monoisotopic (exact) mass is 382 g/mol. The molecule has 0 spiro atoms. The van der Waals surface area contributed by atoms with Crippen molar-refractivity contribution in [1.82, 2.24) is 0 Å². The van der Waals surface area contributed by atoms with Crippen molar-refractivity contribution in [2.24, 2.45) is 0 Å². The molecule has 0 fully saturated rings. The Balaban J connectivity index is 3.34. The Bertz CT molecular complexity index is 148. The van der Waals surface area contributed by atoms with Crippen molar-refractivity contribution < 1.29 is 19.7 Å². The van der Waals surface area contributed by atoms with Gasteiger partial charge < -0.3 is 19.7 Å². The first-order chi connectivity index (χ1) is 7.60. The molecule has 7 heteroatoms. The molecule has 0 amide bonds. The topological polar surface area (TPSA) is 58.9 Å². The van der Waals surface area contributed by atoms with E-state index in [1.807, 2.05) is 0 Å². The van der Waals surface area contributed by atoms with Gasteiger partial charge in [-0.15, -0.1) is 11.6 Å². The summed E-state index contributed by atoms with van der Waals surface area (Å²) in [4.78, 5) is 0.235. The number of hydrogen-bond donors (Lipinski definition) is 2. The van der Waals surface area contributed by atoms with E-state index in [0.717, 1.165) is 5.33 Å². The Hall–Kier alpha value is 1.09. The zero-order chi connectivity index (χ0) is 12.4. The fourth-order valence-electron chi connectivity index (χ4n) is 0.809. The second-order valence-electron chi connectivity index (χ2n) is 3.29. The molecular weight excluding hydrogens is 367 g/mol. The van der Waals surface area contributed by atoms with E-state index >= 15 is 0 Å². The largest absolute Gasteiger partial charge is 0.389 e. The van der Waals surface area contributed by atoms with Gasteiger partial charge in [-0.1, -0.05) is 31.9 Å². The fraction of sp³-hybridized carbons (Fsp3) is 1.00. The molecule has 0 radical (unpaired) electrons. The molecule has 0 aliphatic heterocycles. The van der Waals surface area contributed by atoms with Crippen LogP contribution in [0.4, 0.5) is 0 Å². The summed E-state index contributed by atoms with van der Waals surface area (Å²) in [5.41, 5.74) is 0. The molecule has 0 aromatic rings. The van der Waals surface area contributed by atoms with Crippen molar-refractivity contribution in [3.8, 4) is 0 Å². The van der Waals surface area contributed by atoms with Gasteiger partial charge in [-0.05, 0) is 0 Å². The molecule has 0 heterocycles. The summed E-state index contributed by atoms with van der Waals surface area (Å²) in [5, 5.41) is 19.3. The van der Waals surface area contributed by atoms with Crippen molar-refractivity contribution in [2.45, 2.75) is 17.0 Å². The normalized spacial score (nSPS) is 17.1. The van der Waals surface area contributed by atoms with Gasteiger partial charge in [0.15, 0.2) is 0 Å². The highest BCUT2D eigenvalue weighted by atomic mass is 79.9. The van der Waals surface area contributed by atoms with Gasteiger partial charge in [0, 0.05) is 10.2 Å². The van der Waals surface area contributed by atoms with Gasteiger partial charge in [-0.2, -0.15) is 0 Å². The Labute approximate surface area is 118 Å². The minimum atomic E-state index is -0.685. The lowest BCUT2D eigenvalue weighted by molar-refractivity contribution is -0.0350. The summed E-state index contributed by atoms with van der Waals surface area (Å²) in [6.07, 6.45) is -1.37. The van der Waals surface area contributed by atoms with Crippen molar-refractivity contribution in [3.63, 3.8) is 0 Å². The summed E-state index contributed by atoms with van der Waals surface area (Å²) >= 11 is 12.0. The molecule has 0 bridgehead atoms. The van der Waals surface area contributed by atoms with Crippen molar-refractivity contribution in [2.75, 3.05) is 37.6 Å². The van der Waals surface area contributed by atoms with E-state index in [0.29, 0.717) is 6.61 Å². The number of aliphatic hydroxyl groups is 2. The van der Waals surface area contributed by atoms with Crippen LogP contribution in [0.25, 0.3) is 0 Å². The molecule has 98 valence electrons. The van der Waals surface area contributed by atoms with Crippen LogP contribution < -0.4 is 0 Å². The number of ether oxygens (including phenoxy) is 2. The lowest BCUT2D eigenvalue weighted by atomic mass is 10.4. The van der Waals surface area contributed by atoms with Crippen LogP contribution in [0.15, 0.2) is 0 Å². The van der Waals surface area contributed by atoms with E-state index in [9.17, 15) is 5.11 Å². The molecule has 3 unspecified atom stereocenters. The Morgan fingerprint density at radius 3 is 2.00 bits per heavy atom. The molecule has 0 rings (SSSR count). The fourth-order valence-corrected chi connectivity index (χ4v) is 1.27. The predicted octanol–water partition coefficient (Wildman–Crippen LogP) is 1.14. The molecular formula is C9H17Br2ClO4. The number of hydrogen-bond acceptors (Lipinski definition) is 4. The van der Waals surface area contributed by atoms with Crippen molar-refractivity contribution in [3.05, 3.63) is 0 Å². The lowest BCUT2D eigenvalue weighted by Crippen LogP contribution is -2.26. The van der Waals surface area contributed by atoms with Crippen LogP contribution in [-0.2, 0) is 9.47 Å². The minimum Gasteiger partial charge on any atom is -0.389 e. The highest BCUT2D eigenvalue weighted by Crippen LogP contribution is 2.04. The molecule has 0 aromatic heterocycles. The maximum absolute atomic E-state index is 9.43. The van der Waals surface area contributed by atoms with E-state index in [2.05, 4.69) is 31.9 Å². The maximum Gasteiger partial charge on any atom is 0.101 e. The Morgan fingerprint density at radius 2 is 1.50 bits per heavy atom. The molecule has 0 saturated heterocycles. The zero-order valence-corrected chi connectivity index (χ0v) is 12.7. The van der Waals surface area contributed by atoms with Gasteiger partial charge >= 0.3 is 0 Å². The van der Waals surface area contributed by atoms with Gasteiger partial charge in [0.2, 0.25) is 0 Å². The zero-order valence-electron chi connectivity index (χ0n) is 8.82. The van der Waals surface area contributed by atoms with E-state index in [1.165, 1.54) is 0 Å². The quantitative estimate of drug-likeness (QED) is 0.555. The number of alkyl halides is 3. The molecule has 0 aliphatic rings. The SMILES string of the molecule is OC(CCl)COCC(O)COCC(Br)CBr. The van der Waals surface area contributed by atoms with Gasteiger partial charge in [0.1, 0.15) is 6.10 Å². The Kier molecular flexibility index (Phi) is 12.0. The van der Waals surface area contributed by atoms with E-state index in [-0.39, 0.29) is 30.5 Å². The first-order valence-corrected chi connectivity index (χ1v) is 7.44. The predicted molar refractivity (Wildman–Crippen MR) is 70.9 cm³/mol. The third kappa shape index (κ3) is 10.3. The van der Waals surface area contributed by atoms with Crippen molar-refractivity contribution >= 4 is 43.5 Å². The van der Waals surface area contributed by atoms with Crippen LogP contribution in [0.1, 0.15) is 0 Å². The average molecular weight is 384 g/mol. The lowest BCUT2D eigenvalue weighted by Gasteiger charge is -2.14. The second kappa shape index (κ2) is 11.2. The molecule has 0 saturated carbocycles. The third-order valence-electron chi connectivity index (χ3n) is 1.57. The van der Waals surface area contributed by atoms with Crippen LogP contribution >= 0.6 is 43.5 Å². The van der Waals surface area contributed by atoms with E-state index < -0.39 is 12.2 Å². The molecule has 16 heavy (non-hydrogen) atoms. The highest BCUT2D eigenvalue weighted by Gasteiger charge is 2.08. The van der Waals surface area contributed by atoms with Crippen LogP contribution in [-0.4, -0.2) is 64.9 Å². The van der Waals surface area contributed by atoms with E-state index in [4.69, 9.17) is 26.2 Å². The second-order valence-corrected chi connectivity index (χ2v) is 5.54. The first kappa shape index (κ1) is 17.1. The van der Waals surface area contributed by atoms with Gasteiger partial charge in [-0.25, -0.2) is 0 Å². The number of rotatable bonds is 10. The van der Waals surface area contributed by atoms with Crippen LogP contribution in [0.2, 0.25) is 0 Å². The van der Waals surface area contributed by atoms with Crippen molar-refractivity contribution in [1.29, 1.82) is 0 Å². The molecule has 2 N–H and O–H groups in total. The van der Waals surface area contributed by atoms with Gasteiger partial charge in [0.25, 0.3) is 0 Å². The molecule has 0 aliphatic carbocycles. The smallest absolute Gasteiger partial charge is 0.101 e. The first-order valence-electron chi connectivity index (χ1n) is 4.87. The minimum absolute atomic E-state index is 0.128. The maximum atomic E-state index is 9.43. The van der Waals surface area contributed by atoms with Gasteiger partial charge in [0.05, 0.1) is 38.4 Å². The number of halogens is 3. The van der Waals surface area contributed by atoms with Crippen LogP contribution in [0.5, 0.6) is 0 Å². The van der Waals surface area contributed by atoms with E-state index in [1.54, 1.807) is 0 Å². The summed E-state index contributed by atoms with van der Waals surface area (Å²) in [6, 6.07) is 0.